The third-order valence-electron chi connectivity index (χ3n) is 5.13. The van der Waals surface area contributed by atoms with Crippen LogP contribution in [0.2, 0.25) is 0 Å². The third-order valence-corrected chi connectivity index (χ3v) is 5.66. The van der Waals surface area contributed by atoms with Crippen molar-refractivity contribution in [1.82, 2.24) is 10.2 Å². The van der Waals surface area contributed by atoms with E-state index in [4.69, 9.17) is 10.5 Å². The van der Waals surface area contributed by atoms with Gasteiger partial charge in [0.2, 0.25) is 0 Å². The van der Waals surface area contributed by atoms with E-state index in [1.807, 2.05) is 0 Å². The molecule has 1 atom stereocenters. The van der Waals surface area contributed by atoms with Gasteiger partial charge in [0.05, 0.1) is 5.56 Å². The van der Waals surface area contributed by atoms with E-state index < -0.39 is 12.0 Å². The highest BCUT2D eigenvalue weighted by Gasteiger charge is 2.20. The van der Waals surface area contributed by atoms with Crippen LogP contribution in [0, 0.1) is 0 Å². The van der Waals surface area contributed by atoms with Crippen molar-refractivity contribution in [2.75, 3.05) is 26.2 Å². The molecule has 4 N–H and O–H groups in total. The number of aliphatic hydroxyl groups is 1. The molecule has 0 aromatic heterocycles. The fraction of sp³-hybridized carbons (Fsp3) is 0.409. The molecule has 1 aliphatic heterocycles. The topological polar surface area (TPSA) is 87.8 Å². The Morgan fingerprint density at radius 3 is 2.59 bits per heavy atom. The third kappa shape index (κ3) is 6.82. The molecule has 0 radical (unpaired) electrons. The first-order valence-corrected chi connectivity index (χ1v) is 10.7. The number of piperidine rings is 1. The van der Waals surface area contributed by atoms with Gasteiger partial charge in [-0.15, -0.1) is 0 Å². The van der Waals surface area contributed by atoms with Gasteiger partial charge in [0.15, 0.2) is 0 Å². The summed E-state index contributed by atoms with van der Waals surface area (Å²) in [6.45, 7) is 3.60. The maximum Gasteiger partial charge on any atom is 0.252 e. The molecule has 0 saturated carbocycles. The number of nitrogens with one attached hydrogen (secondary N) is 1. The highest BCUT2D eigenvalue weighted by molar-refractivity contribution is 9.10. The predicted molar refractivity (Wildman–Crippen MR) is 117 cm³/mol. The minimum atomic E-state index is -0.656. The van der Waals surface area contributed by atoms with E-state index in [9.17, 15) is 9.90 Å². The molecule has 1 amide bonds. The van der Waals surface area contributed by atoms with E-state index in [2.05, 4.69) is 50.4 Å². The van der Waals surface area contributed by atoms with Gasteiger partial charge in [-0.1, -0.05) is 40.2 Å². The lowest BCUT2D eigenvalue weighted by Gasteiger charge is -2.33. The molecule has 7 heteroatoms. The summed E-state index contributed by atoms with van der Waals surface area (Å²) in [6, 6.07) is 15.7. The number of rotatable bonds is 9. The van der Waals surface area contributed by atoms with Crippen molar-refractivity contribution in [3.63, 3.8) is 0 Å². The molecular weight excluding hydrogens is 434 g/mol. The molecule has 1 fully saturated rings. The number of hydrogen-bond acceptors (Lipinski definition) is 5. The molecular formula is C22H28BrN3O3. The van der Waals surface area contributed by atoms with Crippen molar-refractivity contribution in [2.24, 2.45) is 5.73 Å². The Labute approximate surface area is 180 Å². The van der Waals surface area contributed by atoms with Gasteiger partial charge >= 0.3 is 0 Å². The van der Waals surface area contributed by atoms with Gasteiger partial charge in [0.25, 0.3) is 5.91 Å². The smallest absolute Gasteiger partial charge is 0.252 e. The predicted octanol–water partition coefficient (Wildman–Crippen LogP) is 2.54. The quantitative estimate of drug-likeness (QED) is 0.533. The number of carbonyl (C=O) groups excluding carboxylic acids is 1. The van der Waals surface area contributed by atoms with Gasteiger partial charge in [0.1, 0.15) is 18.5 Å². The fourth-order valence-corrected chi connectivity index (χ4v) is 3.75. The molecule has 1 heterocycles. The van der Waals surface area contributed by atoms with Crippen molar-refractivity contribution in [3.05, 3.63) is 64.1 Å². The molecule has 1 saturated heterocycles. The lowest BCUT2D eigenvalue weighted by atomic mass is 10.0. The number of likely N-dealkylation sites (tertiary alicyclic amines) is 1. The summed E-state index contributed by atoms with van der Waals surface area (Å²) in [7, 11) is 0. The van der Waals surface area contributed by atoms with E-state index in [-0.39, 0.29) is 6.61 Å². The first-order chi connectivity index (χ1) is 14.0. The Hall–Kier alpha value is -1.93. The average molecular weight is 462 g/mol. The molecule has 2 aromatic rings. The summed E-state index contributed by atoms with van der Waals surface area (Å²) < 4.78 is 6.69. The number of aliphatic hydroxyl groups excluding tert-OH is 1. The first kappa shape index (κ1) is 21.8. The van der Waals surface area contributed by atoms with Crippen LogP contribution in [-0.4, -0.2) is 54.3 Å². The zero-order valence-corrected chi connectivity index (χ0v) is 18.0. The monoisotopic (exact) mass is 461 g/mol. The second-order valence-electron chi connectivity index (χ2n) is 7.41. The number of nitrogens with zero attached hydrogens (tertiary/aromatic N) is 1. The van der Waals surface area contributed by atoms with Crippen LogP contribution in [0.4, 0.5) is 0 Å². The number of para-hydroxylation sites is 1. The normalized spacial score (nSPS) is 16.5. The van der Waals surface area contributed by atoms with Crippen LogP contribution in [0.15, 0.2) is 53.0 Å². The molecule has 156 valence electrons. The summed E-state index contributed by atoms with van der Waals surface area (Å²) in [5.41, 5.74) is 6.99. The molecule has 0 aliphatic carbocycles. The van der Waals surface area contributed by atoms with Gasteiger partial charge in [-0.05, 0) is 55.8 Å². The number of nitrogens with two attached hydrogens (primary N) is 1. The van der Waals surface area contributed by atoms with Crippen LogP contribution >= 0.6 is 15.9 Å². The maximum atomic E-state index is 11.4. The van der Waals surface area contributed by atoms with E-state index in [0.29, 0.717) is 23.9 Å². The highest BCUT2D eigenvalue weighted by Crippen LogP contribution is 2.18. The van der Waals surface area contributed by atoms with Gasteiger partial charge in [-0.3, -0.25) is 9.69 Å². The number of hydrogen-bond donors (Lipinski definition) is 3. The lowest BCUT2D eigenvalue weighted by Crippen LogP contribution is -2.45. The summed E-state index contributed by atoms with van der Waals surface area (Å²) >= 11 is 3.47. The zero-order chi connectivity index (χ0) is 20.6. The molecule has 0 spiro atoms. The summed E-state index contributed by atoms with van der Waals surface area (Å²) in [4.78, 5) is 13.9. The molecule has 2 aromatic carbocycles. The summed E-state index contributed by atoms with van der Waals surface area (Å²) in [6.07, 6.45) is 1.44. The fourth-order valence-electron chi connectivity index (χ4n) is 3.49. The van der Waals surface area contributed by atoms with Crippen molar-refractivity contribution >= 4 is 21.8 Å². The van der Waals surface area contributed by atoms with Gasteiger partial charge in [-0.2, -0.15) is 0 Å². The van der Waals surface area contributed by atoms with Gasteiger partial charge in [0, 0.05) is 23.6 Å². The standard InChI is InChI=1S/C22H28BrN3O3/c23-17-7-5-16(6-8-17)14-26-11-9-18(10-12-26)25-13-19(27)15-29-21-4-2-1-3-20(21)22(24)28/h1-8,18-19,25,27H,9-15H2,(H2,24,28). The summed E-state index contributed by atoms with van der Waals surface area (Å²) in [5, 5.41) is 13.7. The number of benzene rings is 2. The Kier molecular flexibility index (Phi) is 8.06. The van der Waals surface area contributed by atoms with Crippen LogP contribution in [0.5, 0.6) is 5.75 Å². The Morgan fingerprint density at radius 2 is 1.90 bits per heavy atom. The van der Waals surface area contributed by atoms with Gasteiger partial charge in [-0.25, -0.2) is 0 Å². The minimum Gasteiger partial charge on any atom is -0.490 e. The van der Waals surface area contributed by atoms with E-state index >= 15 is 0 Å². The molecule has 3 rings (SSSR count). The number of carbonyl (C=O) groups is 1. The number of ether oxygens (including phenoxy) is 1. The van der Waals surface area contributed by atoms with Crippen LogP contribution in [0.3, 0.4) is 0 Å². The van der Waals surface area contributed by atoms with Crippen molar-refractivity contribution in [2.45, 2.75) is 31.5 Å². The number of halogens is 1. The maximum absolute atomic E-state index is 11.4. The van der Waals surface area contributed by atoms with Gasteiger partial charge < -0.3 is 20.9 Å². The number of amides is 1. The van der Waals surface area contributed by atoms with E-state index in [1.54, 1.807) is 24.3 Å². The molecule has 1 unspecified atom stereocenters. The Balaban J connectivity index is 1.36. The Bertz CT molecular complexity index is 792. The second-order valence-corrected chi connectivity index (χ2v) is 8.33. The van der Waals surface area contributed by atoms with E-state index in [1.165, 1.54) is 5.56 Å². The van der Waals surface area contributed by atoms with Crippen LogP contribution in [0.1, 0.15) is 28.8 Å². The van der Waals surface area contributed by atoms with Crippen molar-refractivity contribution in [3.8, 4) is 5.75 Å². The van der Waals surface area contributed by atoms with Crippen LogP contribution in [-0.2, 0) is 6.54 Å². The minimum absolute atomic E-state index is 0.111. The first-order valence-electron chi connectivity index (χ1n) is 9.91. The molecule has 0 bridgehead atoms. The second kappa shape index (κ2) is 10.7. The number of primary amides is 1. The zero-order valence-electron chi connectivity index (χ0n) is 16.4. The summed E-state index contributed by atoms with van der Waals surface area (Å²) in [5.74, 6) is -0.136. The Morgan fingerprint density at radius 1 is 1.21 bits per heavy atom. The van der Waals surface area contributed by atoms with Crippen LogP contribution < -0.4 is 15.8 Å². The largest absolute Gasteiger partial charge is 0.490 e. The SMILES string of the molecule is NC(=O)c1ccccc1OCC(O)CNC1CCN(Cc2ccc(Br)cc2)CC1. The average Bonchev–Trinajstić information content (AvgIpc) is 2.73. The lowest BCUT2D eigenvalue weighted by molar-refractivity contribution is 0.0933. The van der Waals surface area contributed by atoms with Crippen molar-refractivity contribution in [1.29, 1.82) is 0 Å². The molecule has 6 nitrogen and oxygen atoms in total. The highest BCUT2D eigenvalue weighted by atomic mass is 79.9. The van der Waals surface area contributed by atoms with Crippen molar-refractivity contribution < 1.29 is 14.6 Å². The van der Waals surface area contributed by atoms with E-state index in [0.717, 1.165) is 36.9 Å². The van der Waals surface area contributed by atoms with Crippen LogP contribution in [0.25, 0.3) is 0 Å². The molecule has 29 heavy (non-hydrogen) atoms. The molecule has 1 aliphatic rings.